The molecule has 0 spiro atoms. The average molecular weight is 249 g/mol. The highest BCUT2D eigenvalue weighted by molar-refractivity contribution is 5.34. The van der Waals surface area contributed by atoms with E-state index in [-0.39, 0.29) is 0 Å². The Morgan fingerprint density at radius 1 is 1.17 bits per heavy atom. The second-order valence-corrected chi connectivity index (χ2v) is 5.69. The maximum absolute atomic E-state index is 5.61. The van der Waals surface area contributed by atoms with Crippen molar-refractivity contribution in [2.45, 2.75) is 34.1 Å². The van der Waals surface area contributed by atoms with Gasteiger partial charge in [-0.3, -0.25) is 4.98 Å². The van der Waals surface area contributed by atoms with Crippen molar-refractivity contribution in [1.29, 1.82) is 0 Å². The Kier molecular flexibility index (Phi) is 6.13. The summed E-state index contributed by atoms with van der Waals surface area (Å²) in [5, 5.41) is 3.54. The molecular formula is C15H27N3. The smallest absolute Gasteiger partial charge is 0.0501 e. The van der Waals surface area contributed by atoms with Gasteiger partial charge in [-0.05, 0) is 36.4 Å². The summed E-state index contributed by atoms with van der Waals surface area (Å²) >= 11 is 0. The summed E-state index contributed by atoms with van der Waals surface area (Å²) < 4.78 is 0. The van der Waals surface area contributed by atoms with Crippen molar-refractivity contribution in [3.8, 4) is 0 Å². The number of rotatable bonds is 7. The number of nitrogens with two attached hydrogens (primary N) is 1. The van der Waals surface area contributed by atoms with E-state index in [4.69, 9.17) is 5.73 Å². The highest BCUT2D eigenvalue weighted by Gasteiger charge is 2.16. The van der Waals surface area contributed by atoms with E-state index in [2.05, 4.69) is 38.0 Å². The molecule has 0 bridgehead atoms. The third kappa shape index (κ3) is 5.05. The topological polar surface area (TPSA) is 50.9 Å². The fourth-order valence-electron chi connectivity index (χ4n) is 2.31. The summed E-state index contributed by atoms with van der Waals surface area (Å²) in [6, 6.07) is 3.91. The molecule has 0 atom stereocenters. The lowest BCUT2D eigenvalue weighted by Crippen LogP contribution is -2.31. The molecular weight excluding hydrogens is 222 g/mol. The van der Waals surface area contributed by atoms with E-state index in [9.17, 15) is 0 Å². The van der Waals surface area contributed by atoms with Crippen LogP contribution in [0.3, 0.4) is 0 Å². The second kappa shape index (κ2) is 7.37. The molecule has 3 heteroatoms. The van der Waals surface area contributed by atoms with E-state index in [1.54, 1.807) is 6.20 Å². The Bertz CT molecular complexity index is 322. The number of hydrogen-bond acceptors (Lipinski definition) is 3. The number of nitrogen functional groups attached to an aromatic ring is 1. The van der Waals surface area contributed by atoms with Crippen LogP contribution in [0.4, 0.5) is 5.69 Å². The van der Waals surface area contributed by atoms with Crippen LogP contribution in [0.2, 0.25) is 0 Å². The van der Waals surface area contributed by atoms with Crippen molar-refractivity contribution in [3.05, 3.63) is 24.0 Å². The van der Waals surface area contributed by atoms with E-state index < -0.39 is 0 Å². The van der Waals surface area contributed by atoms with E-state index in [1.165, 1.54) is 0 Å². The molecule has 0 aliphatic carbocycles. The van der Waals surface area contributed by atoms with E-state index in [0.29, 0.717) is 0 Å². The monoisotopic (exact) mass is 249 g/mol. The zero-order chi connectivity index (χ0) is 13.5. The van der Waals surface area contributed by atoms with Crippen LogP contribution in [0, 0.1) is 17.8 Å². The van der Waals surface area contributed by atoms with Crippen LogP contribution in [0.5, 0.6) is 0 Å². The molecule has 102 valence electrons. The molecule has 0 amide bonds. The molecule has 1 heterocycles. The van der Waals surface area contributed by atoms with Gasteiger partial charge in [-0.15, -0.1) is 0 Å². The molecule has 1 aromatic rings. The zero-order valence-electron chi connectivity index (χ0n) is 12.1. The van der Waals surface area contributed by atoms with Gasteiger partial charge in [0.15, 0.2) is 0 Å². The first-order valence-electron chi connectivity index (χ1n) is 6.91. The summed E-state index contributed by atoms with van der Waals surface area (Å²) in [6.45, 7) is 11.3. The SMILES string of the molecule is CC(C)C(CNCCc1ccc(N)cn1)C(C)C. The first kappa shape index (κ1) is 15.0. The fraction of sp³-hybridized carbons (Fsp3) is 0.667. The molecule has 0 fully saturated rings. The van der Waals surface area contributed by atoms with E-state index in [0.717, 1.165) is 48.6 Å². The molecule has 0 radical (unpaired) electrons. The lowest BCUT2D eigenvalue weighted by molar-refractivity contribution is 0.277. The fourth-order valence-corrected chi connectivity index (χ4v) is 2.31. The minimum Gasteiger partial charge on any atom is -0.397 e. The van der Waals surface area contributed by atoms with Crippen LogP contribution in [-0.2, 0) is 6.42 Å². The summed E-state index contributed by atoms with van der Waals surface area (Å²) in [5.74, 6) is 2.20. The Balaban J connectivity index is 2.27. The summed E-state index contributed by atoms with van der Waals surface area (Å²) in [5.41, 5.74) is 7.44. The largest absolute Gasteiger partial charge is 0.397 e. The maximum atomic E-state index is 5.61. The van der Waals surface area contributed by atoms with Crippen molar-refractivity contribution < 1.29 is 0 Å². The van der Waals surface area contributed by atoms with Gasteiger partial charge in [0, 0.05) is 18.7 Å². The van der Waals surface area contributed by atoms with E-state index >= 15 is 0 Å². The van der Waals surface area contributed by atoms with Gasteiger partial charge in [-0.25, -0.2) is 0 Å². The lowest BCUT2D eigenvalue weighted by Gasteiger charge is -2.25. The van der Waals surface area contributed by atoms with Crippen molar-refractivity contribution in [2.24, 2.45) is 17.8 Å². The van der Waals surface area contributed by atoms with Gasteiger partial charge in [0.05, 0.1) is 11.9 Å². The Morgan fingerprint density at radius 3 is 2.33 bits per heavy atom. The molecule has 3 N–H and O–H groups in total. The van der Waals surface area contributed by atoms with Gasteiger partial charge in [-0.1, -0.05) is 27.7 Å². The first-order chi connectivity index (χ1) is 8.50. The van der Waals surface area contributed by atoms with Crippen molar-refractivity contribution >= 4 is 5.69 Å². The van der Waals surface area contributed by atoms with Gasteiger partial charge < -0.3 is 11.1 Å². The normalized spacial score (nSPS) is 11.7. The molecule has 0 saturated heterocycles. The number of aromatic nitrogens is 1. The van der Waals surface area contributed by atoms with Gasteiger partial charge in [-0.2, -0.15) is 0 Å². The Labute approximate surface area is 111 Å². The average Bonchev–Trinajstić information content (AvgIpc) is 2.30. The molecule has 1 aromatic heterocycles. The van der Waals surface area contributed by atoms with Crippen molar-refractivity contribution in [3.63, 3.8) is 0 Å². The molecule has 0 aromatic carbocycles. The molecule has 1 rings (SSSR count). The first-order valence-corrected chi connectivity index (χ1v) is 6.91. The van der Waals surface area contributed by atoms with Gasteiger partial charge in [0.2, 0.25) is 0 Å². The molecule has 0 aliphatic heterocycles. The van der Waals surface area contributed by atoms with Crippen LogP contribution in [0.25, 0.3) is 0 Å². The van der Waals surface area contributed by atoms with Crippen LogP contribution in [-0.4, -0.2) is 18.1 Å². The standard InChI is InChI=1S/C15H27N3/c1-11(2)15(12(3)4)10-17-8-7-14-6-5-13(16)9-18-14/h5-6,9,11-12,15,17H,7-8,10,16H2,1-4H3. The Hall–Kier alpha value is -1.09. The third-order valence-electron chi connectivity index (χ3n) is 3.50. The predicted octanol–water partition coefficient (Wildman–Crippen LogP) is 2.72. The number of nitrogens with one attached hydrogen (secondary N) is 1. The summed E-state index contributed by atoms with van der Waals surface area (Å²) in [7, 11) is 0. The minimum absolute atomic E-state index is 0.728. The minimum atomic E-state index is 0.728. The third-order valence-corrected chi connectivity index (χ3v) is 3.50. The van der Waals surface area contributed by atoms with Crippen molar-refractivity contribution in [2.75, 3.05) is 18.8 Å². The quantitative estimate of drug-likeness (QED) is 0.731. The van der Waals surface area contributed by atoms with Crippen LogP contribution < -0.4 is 11.1 Å². The molecule has 0 unspecified atom stereocenters. The van der Waals surface area contributed by atoms with Gasteiger partial charge in [0.25, 0.3) is 0 Å². The van der Waals surface area contributed by atoms with Crippen molar-refractivity contribution in [1.82, 2.24) is 10.3 Å². The molecule has 3 nitrogen and oxygen atoms in total. The summed E-state index contributed by atoms with van der Waals surface area (Å²) in [6.07, 6.45) is 2.68. The maximum Gasteiger partial charge on any atom is 0.0501 e. The number of pyridine rings is 1. The second-order valence-electron chi connectivity index (χ2n) is 5.69. The lowest BCUT2D eigenvalue weighted by atomic mass is 9.85. The number of hydrogen-bond donors (Lipinski definition) is 2. The van der Waals surface area contributed by atoms with Crippen LogP contribution in [0.1, 0.15) is 33.4 Å². The highest BCUT2D eigenvalue weighted by Crippen LogP contribution is 2.19. The van der Waals surface area contributed by atoms with Gasteiger partial charge in [0.1, 0.15) is 0 Å². The molecule has 18 heavy (non-hydrogen) atoms. The summed E-state index contributed by atoms with van der Waals surface area (Å²) in [4.78, 5) is 4.30. The zero-order valence-corrected chi connectivity index (χ0v) is 12.1. The predicted molar refractivity (Wildman–Crippen MR) is 78.4 cm³/mol. The highest BCUT2D eigenvalue weighted by atomic mass is 14.9. The Morgan fingerprint density at radius 2 is 1.83 bits per heavy atom. The number of nitrogens with zero attached hydrogens (tertiary/aromatic N) is 1. The van der Waals surface area contributed by atoms with Gasteiger partial charge >= 0.3 is 0 Å². The van der Waals surface area contributed by atoms with Crippen LogP contribution >= 0.6 is 0 Å². The van der Waals surface area contributed by atoms with Crippen LogP contribution in [0.15, 0.2) is 18.3 Å². The molecule has 0 aliphatic rings. The molecule has 0 saturated carbocycles. The number of anilines is 1. The van der Waals surface area contributed by atoms with E-state index in [1.807, 2.05) is 12.1 Å².